The van der Waals surface area contributed by atoms with Crippen LogP contribution in [0.3, 0.4) is 0 Å². The Morgan fingerprint density at radius 3 is 3.00 bits per heavy atom. The first-order valence-electron chi connectivity index (χ1n) is 4.40. The van der Waals surface area contributed by atoms with E-state index in [4.69, 9.17) is 5.73 Å². The Hall–Kier alpha value is -0.410. The molecule has 0 radical (unpaired) electrons. The Morgan fingerprint density at radius 2 is 2.18 bits per heavy atom. The molecule has 0 spiro atoms. The molecule has 0 saturated carbocycles. The van der Waals surface area contributed by atoms with Crippen LogP contribution in [0.15, 0.2) is 0 Å². The number of hydrogen-bond donors (Lipinski definition) is 2. The summed E-state index contributed by atoms with van der Waals surface area (Å²) in [5, 5.41) is 2.20. The van der Waals surface area contributed by atoms with Gasteiger partial charge in [-0.15, -0.1) is 0 Å². The van der Waals surface area contributed by atoms with E-state index >= 15 is 0 Å². The molecular formula is C8H17N2O+. The minimum atomic E-state index is -0.179. The molecule has 11 heavy (non-hydrogen) atoms. The van der Waals surface area contributed by atoms with Gasteiger partial charge in [0.1, 0.15) is 0 Å². The van der Waals surface area contributed by atoms with Crippen LogP contribution in [0.2, 0.25) is 0 Å². The monoisotopic (exact) mass is 157 g/mol. The molecule has 0 bridgehead atoms. The zero-order valence-electron chi connectivity index (χ0n) is 6.88. The maximum atomic E-state index is 11.2. The van der Waals surface area contributed by atoms with Gasteiger partial charge in [-0.1, -0.05) is 0 Å². The molecule has 3 nitrogen and oxygen atoms in total. The molecule has 1 fully saturated rings. The number of Topliss-reactive ketones (excluding diaryl/α,β-unsaturated/α-hetero) is 1. The number of quaternary nitrogens is 1. The van der Waals surface area contributed by atoms with Crippen molar-refractivity contribution in [3.8, 4) is 0 Å². The maximum absolute atomic E-state index is 11.2. The smallest absolute Gasteiger partial charge is 0.155 e. The van der Waals surface area contributed by atoms with Gasteiger partial charge in [0, 0.05) is 0 Å². The molecule has 1 saturated heterocycles. The highest BCUT2D eigenvalue weighted by molar-refractivity contribution is 5.83. The van der Waals surface area contributed by atoms with Crippen LogP contribution in [0.4, 0.5) is 0 Å². The van der Waals surface area contributed by atoms with Gasteiger partial charge >= 0.3 is 0 Å². The molecule has 1 atom stereocenters. The molecule has 1 rings (SSSR count). The molecule has 1 aliphatic heterocycles. The highest BCUT2D eigenvalue weighted by Gasteiger charge is 2.14. The van der Waals surface area contributed by atoms with Crippen molar-refractivity contribution >= 4 is 5.78 Å². The van der Waals surface area contributed by atoms with E-state index in [1.165, 1.54) is 6.42 Å². The summed E-state index contributed by atoms with van der Waals surface area (Å²) < 4.78 is 0. The predicted octanol–water partition coefficient (Wildman–Crippen LogP) is -0.980. The number of hydrogen-bond acceptors (Lipinski definition) is 2. The minimum absolute atomic E-state index is 0.179. The average Bonchev–Trinajstić information content (AvgIpc) is 2.07. The summed E-state index contributed by atoms with van der Waals surface area (Å²) in [6.45, 7) is 2.08. The lowest BCUT2D eigenvalue weighted by atomic mass is 10.1. The van der Waals surface area contributed by atoms with Crippen LogP contribution >= 0.6 is 0 Å². The van der Waals surface area contributed by atoms with Crippen molar-refractivity contribution in [3.63, 3.8) is 0 Å². The van der Waals surface area contributed by atoms with Crippen LogP contribution in [0.5, 0.6) is 0 Å². The Bertz CT molecular complexity index is 136. The molecule has 1 heterocycles. The van der Waals surface area contributed by atoms with E-state index in [2.05, 4.69) is 5.32 Å². The van der Waals surface area contributed by atoms with Gasteiger partial charge in [0.15, 0.2) is 5.78 Å². The van der Waals surface area contributed by atoms with E-state index in [1.807, 2.05) is 0 Å². The number of ketones is 1. The van der Waals surface area contributed by atoms with E-state index in [0.717, 1.165) is 25.9 Å². The third-order valence-electron chi connectivity index (χ3n) is 2.18. The van der Waals surface area contributed by atoms with Crippen LogP contribution < -0.4 is 11.1 Å². The molecule has 0 aliphatic carbocycles. The maximum Gasteiger partial charge on any atom is 0.155 e. The van der Waals surface area contributed by atoms with Gasteiger partial charge in [0.2, 0.25) is 0 Å². The van der Waals surface area contributed by atoms with Crippen LogP contribution in [-0.4, -0.2) is 24.9 Å². The Morgan fingerprint density at radius 1 is 1.36 bits per heavy atom. The van der Waals surface area contributed by atoms with Crippen molar-refractivity contribution in [2.45, 2.75) is 31.7 Å². The van der Waals surface area contributed by atoms with Crippen LogP contribution in [0.25, 0.3) is 0 Å². The largest absolute Gasteiger partial charge is 0.346 e. The third kappa shape index (κ3) is 2.99. The quantitative estimate of drug-likeness (QED) is 0.475. The van der Waals surface area contributed by atoms with Crippen LogP contribution in [0, 0.1) is 0 Å². The first-order chi connectivity index (χ1) is 5.30. The summed E-state index contributed by atoms with van der Waals surface area (Å²) in [4.78, 5) is 11.2. The fourth-order valence-corrected chi connectivity index (χ4v) is 1.39. The second kappa shape index (κ2) is 4.46. The first-order valence-corrected chi connectivity index (χ1v) is 4.40. The first kappa shape index (κ1) is 8.68. The number of carbonyl (C=O) groups excluding carboxylic acids is 1. The van der Waals surface area contributed by atoms with Gasteiger partial charge < -0.3 is 11.1 Å². The lowest BCUT2D eigenvalue weighted by Gasteiger charge is -2.05. The second-order valence-corrected chi connectivity index (χ2v) is 3.18. The average molecular weight is 157 g/mol. The van der Waals surface area contributed by atoms with E-state index in [-0.39, 0.29) is 11.8 Å². The summed E-state index contributed by atoms with van der Waals surface area (Å²) in [6, 6.07) is -0.179. The molecule has 64 valence electrons. The fourth-order valence-electron chi connectivity index (χ4n) is 1.39. The molecule has 0 aromatic carbocycles. The van der Waals surface area contributed by atoms with E-state index < -0.39 is 0 Å². The zero-order valence-corrected chi connectivity index (χ0v) is 6.88. The summed E-state index contributed by atoms with van der Waals surface area (Å²) in [6.07, 6.45) is 3.83. The van der Waals surface area contributed by atoms with Gasteiger partial charge in [0.25, 0.3) is 0 Å². The van der Waals surface area contributed by atoms with E-state index in [0.29, 0.717) is 6.42 Å². The summed E-state index contributed by atoms with van der Waals surface area (Å²) in [5.74, 6) is 0.239. The van der Waals surface area contributed by atoms with E-state index in [1.54, 1.807) is 0 Å². The summed E-state index contributed by atoms with van der Waals surface area (Å²) >= 11 is 0. The van der Waals surface area contributed by atoms with Crippen molar-refractivity contribution < 1.29 is 10.1 Å². The SMILES string of the molecule is NC1CCCC[NH2+]CCC1=O. The lowest BCUT2D eigenvalue weighted by molar-refractivity contribution is -0.653. The van der Waals surface area contributed by atoms with Gasteiger partial charge in [-0.2, -0.15) is 0 Å². The molecule has 3 heteroatoms. The molecule has 1 aliphatic rings. The number of nitrogens with two attached hydrogens (primary N) is 2. The highest BCUT2D eigenvalue weighted by Crippen LogP contribution is 2.01. The zero-order chi connectivity index (χ0) is 8.10. The Labute approximate surface area is 67.3 Å². The molecule has 0 aromatic heterocycles. The predicted molar refractivity (Wildman–Crippen MR) is 43.1 cm³/mol. The summed E-state index contributed by atoms with van der Waals surface area (Å²) in [5.41, 5.74) is 5.65. The fraction of sp³-hybridized carbons (Fsp3) is 0.875. The molecule has 0 aromatic rings. The standard InChI is InChI=1S/C8H16N2O/c9-7-3-1-2-5-10-6-4-8(7)11/h7,10H,1-6,9H2/p+1. The lowest BCUT2D eigenvalue weighted by Crippen LogP contribution is -2.84. The molecular weight excluding hydrogens is 140 g/mol. The molecule has 0 amide bonds. The van der Waals surface area contributed by atoms with Crippen molar-refractivity contribution in [1.29, 1.82) is 0 Å². The van der Waals surface area contributed by atoms with Crippen molar-refractivity contribution in [1.82, 2.24) is 0 Å². The van der Waals surface area contributed by atoms with Crippen LogP contribution in [0.1, 0.15) is 25.7 Å². The van der Waals surface area contributed by atoms with Crippen molar-refractivity contribution in [2.75, 3.05) is 13.1 Å². The van der Waals surface area contributed by atoms with Gasteiger partial charge in [0.05, 0.1) is 25.6 Å². The third-order valence-corrected chi connectivity index (χ3v) is 2.18. The molecule has 4 N–H and O–H groups in total. The van der Waals surface area contributed by atoms with Gasteiger partial charge in [-0.3, -0.25) is 4.79 Å². The summed E-state index contributed by atoms with van der Waals surface area (Å²) in [7, 11) is 0. The second-order valence-electron chi connectivity index (χ2n) is 3.18. The van der Waals surface area contributed by atoms with E-state index in [9.17, 15) is 4.79 Å². The van der Waals surface area contributed by atoms with Gasteiger partial charge in [-0.05, 0) is 19.3 Å². The number of carbonyl (C=O) groups is 1. The van der Waals surface area contributed by atoms with Crippen molar-refractivity contribution in [2.24, 2.45) is 5.73 Å². The van der Waals surface area contributed by atoms with Gasteiger partial charge in [-0.25, -0.2) is 0 Å². The van der Waals surface area contributed by atoms with Crippen molar-refractivity contribution in [3.05, 3.63) is 0 Å². The topological polar surface area (TPSA) is 59.7 Å². The minimum Gasteiger partial charge on any atom is -0.346 e. The highest BCUT2D eigenvalue weighted by atomic mass is 16.1. The normalized spacial score (nSPS) is 28.8. The number of rotatable bonds is 0. The Kier molecular flexibility index (Phi) is 3.52. The Balaban J connectivity index is 2.35. The van der Waals surface area contributed by atoms with Crippen LogP contribution in [-0.2, 0) is 4.79 Å². The molecule has 1 unspecified atom stereocenters.